The Morgan fingerprint density at radius 1 is 1.33 bits per heavy atom. The highest BCUT2D eigenvalue weighted by Crippen LogP contribution is 2.24. The first-order valence-electron chi connectivity index (χ1n) is 6.96. The SMILES string of the molecule is CCNS(=O)(=O)c1ccc(N)c(NC(COC)C(C)C)c1. The van der Waals surface area contributed by atoms with Gasteiger partial charge in [-0.1, -0.05) is 20.8 Å². The molecule has 0 aromatic heterocycles. The van der Waals surface area contributed by atoms with Gasteiger partial charge in [0.2, 0.25) is 10.0 Å². The van der Waals surface area contributed by atoms with Crippen LogP contribution in [0.2, 0.25) is 0 Å². The third kappa shape index (κ3) is 4.87. The Morgan fingerprint density at radius 2 is 2.00 bits per heavy atom. The first-order chi connectivity index (χ1) is 9.81. The number of nitrogens with one attached hydrogen (secondary N) is 2. The molecule has 0 saturated heterocycles. The summed E-state index contributed by atoms with van der Waals surface area (Å²) in [7, 11) is -1.86. The summed E-state index contributed by atoms with van der Waals surface area (Å²) < 4.78 is 31.7. The molecule has 6 nitrogen and oxygen atoms in total. The molecule has 7 heteroatoms. The molecule has 1 unspecified atom stereocenters. The van der Waals surface area contributed by atoms with E-state index in [1.54, 1.807) is 26.2 Å². The Morgan fingerprint density at radius 3 is 2.52 bits per heavy atom. The predicted molar refractivity (Wildman–Crippen MR) is 85.8 cm³/mol. The second-order valence-electron chi connectivity index (χ2n) is 5.20. The van der Waals surface area contributed by atoms with Crippen LogP contribution in [0.3, 0.4) is 0 Å². The summed E-state index contributed by atoms with van der Waals surface area (Å²) in [6, 6.07) is 4.70. The van der Waals surface area contributed by atoms with Crippen molar-refractivity contribution < 1.29 is 13.2 Å². The van der Waals surface area contributed by atoms with Gasteiger partial charge >= 0.3 is 0 Å². The number of nitrogens with two attached hydrogens (primary N) is 1. The number of ether oxygens (including phenoxy) is 1. The van der Waals surface area contributed by atoms with E-state index in [4.69, 9.17) is 10.5 Å². The summed E-state index contributed by atoms with van der Waals surface area (Å²) in [6.45, 7) is 6.72. The molecule has 1 aromatic carbocycles. The van der Waals surface area contributed by atoms with Crippen molar-refractivity contribution in [1.29, 1.82) is 0 Å². The van der Waals surface area contributed by atoms with Crippen LogP contribution < -0.4 is 15.8 Å². The molecule has 1 aromatic rings. The van der Waals surface area contributed by atoms with E-state index < -0.39 is 10.0 Å². The minimum atomic E-state index is -3.49. The topological polar surface area (TPSA) is 93.5 Å². The van der Waals surface area contributed by atoms with Crippen LogP contribution >= 0.6 is 0 Å². The van der Waals surface area contributed by atoms with E-state index in [0.29, 0.717) is 30.4 Å². The summed E-state index contributed by atoms with van der Waals surface area (Å²) in [5.41, 5.74) is 7.04. The van der Waals surface area contributed by atoms with Crippen LogP contribution in [0, 0.1) is 5.92 Å². The molecule has 120 valence electrons. The molecule has 4 N–H and O–H groups in total. The van der Waals surface area contributed by atoms with Gasteiger partial charge in [0, 0.05) is 13.7 Å². The summed E-state index contributed by atoms with van der Waals surface area (Å²) >= 11 is 0. The average molecular weight is 315 g/mol. The van der Waals surface area contributed by atoms with Gasteiger partial charge < -0.3 is 15.8 Å². The molecule has 1 rings (SSSR count). The summed E-state index contributed by atoms with van der Waals surface area (Å²) in [4.78, 5) is 0.195. The van der Waals surface area contributed by atoms with Crippen molar-refractivity contribution in [2.45, 2.75) is 31.7 Å². The van der Waals surface area contributed by atoms with Crippen molar-refractivity contribution in [3.05, 3.63) is 18.2 Å². The minimum Gasteiger partial charge on any atom is -0.397 e. The van der Waals surface area contributed by atoms with Crippen LogP contribution in [0.25, 0.3) is 0 Å². The van der Waals surface area contributed by atoms with Gasteiger partial charge in [-0.05, 0) is 24.1 Å². The van der Waals surface area contributed by atoms with Gasteiger partial charge in [0.05, 0.1) is 28.9 Å². The largest absolute Gasteiger partial charge is 0.397 e. The smallest absolute Gasteiger partial charge is 0.240 e. The molecule has 1 atom stereocenters. The van der Waals surface area contributed by atoms with Crippen LogP contribution in [0.4, 0.5) is 11.4 Å². The average Bonchev–Trinajstić information content (AvgIpc) is 2.40. The van der Waals surface area contributed by atoms with Crippen molar-refractivity contribution in [3.8, 4) is 0 Å². The highest BCUT2D eigenvalue weighted by Gasteiger charge is 2.18. The highest BCUT2D eigenvalue weighted by atomic mass is 32.2. The Balaban J connectivity index is 3.07. The number of rotatable bonds is 8. The van der Waals surface area contributed by atoms with E-state index in [0.717, 1.165) is 0 Å². The quantitative estimate of drug-likeness (QED) is 0.634. The molecule has 0 aliphatic carbocycles. The number of hydrogen-bond donors (Lipinski definition) is 3. The molecular weight excluding hydrogens is 290 g/mol. The Kier molecular flexibility index (Phi) is 6.44. The molecule has 0 saturated carbocycles. The van der Waals surface area contributed by atoms with Crippen molar-refractivity contribution >= 4 is 21.4 Å². The lowest BCUT2D eigenvalue weighted by molar-refractivity contribution is 0.171. The number of methoxy groups -OCH3 is 1. The predicted octanol–water partition coefficient (Wildman–Crippen LogP) is 1.65. The third-order valence-corrected chi connectivity index (χ3v) is 4.70. The van der Waals surface area contributed by atoms with Gasteiger partial charge in [0.25, 0.3) is 0 Å². The van der Waals surface area contributed by atoms with Crippen molar-refractivity contribution in [2.75, 3.05) is 31.3 Å². The van der Waals surface area contributed by atoms with Crippen LogP contribution in [0.5, 0.6) is 0 Å². The van der Waals surface area contributed by atoms with Gasteiger partial charge in [0.15, 0.2) is 0 Å². The maximum atomic E-state index is 12.0. The zero-order valence-electron chi connectivity index (χ0n) is 13.0. The van der Waals surface area contributed by atoms with E-state index in [1.807, 2.05) is 0 Å². The van der Waals surface area contributed by atoms with Gasteiger partial charge in [0.1, 0.15) is 0 Å². The zero-order valence-corrected chi connectivity index (χ0v) is 13.8. The molecule has 0 spiro atoms. The molecule has 0 aliphatic heterocycles. The second kappa shape index (κ2) is 7.63. The van der Waals surface area contributed by atoms with Crippen LogP contribution in [-0.2, 0) is 14.8 Å². The number of benzene rings is 1. The summed E-state index contributed by atoms with van der Waals surface area (Å²) in [5, 5.41) is 3.26. The van der Waals surface area contributed by atoms with Gasteiger partial charge in [-0.25, -0.2) is 13.1 Å². The van der Waals surface area contributed by atoms with E-state index >= 15 is 0 Å². The van der Waals surface area contributed by atoms with Crippen LogP contribution in [0.1, 0.15) is 20.8 Å². The molecule has 0 fully saturated rings. The molecule has 21 heavy (non-hydrogen) atoms. The van der Waals surface area contributed by atoms with E-state index in [-0.39, 0.29) is 10.9 Å². The van der Waals surface area contributed by atoms with E-state index in [2.05, 4.69) is 23.9 Å². The summed E-state index contributed by atoms with van der Waals surface area (Å²) in [6.07, 6.45) is 0. The van der Waals surface area contributed by atoms with E-state index in [9.17, 15) is 8.42 Å². The highest BCUT2D eigenvalue weighted by molar-refractivity contribution is 7.89. The lowest BCUT2D eigenvalue weighted by Crippen LogP contribution is -2.31. The van der Waals surface area contributed by atoms with Gasteiger partial charge in [-0.2, -0.15) is 0 Å². The molecule has 0 bridgehead atoms. The summed E-state index contributed by atoms with van der Waals surface area (Å²) in [5.74, 6) is 0.318. The first-order valence-corrected chi connectivity index (χ1v) is 8.44. The van der Waals surface area contributed by atoms with Crippen molar-refractivity contribution in [1.82, 2.24) is 4.72 Å². The minimum absolute atomic E-state index is 0.0504. The molecule has 0 radical (unpaired) electrons. The van der Waals surface area contributed by atoms with Crippen molar-refractivity contribution in [2.24, 2.45) is 5.92 Å². The number of hydrogen-bond acceptors (Lipinski definition) is 5. The number of nitrogen functional groups attached to an aromatic ring is 1. The first kappa shape index (κ1) is 17.7. The maximum absolute atomic E-state index is 12.0. The van der Waals surface area contributed by atoms with Crippen molar-refractivity contribution in [3.63, 3.8) is 0 Å². The Bertz CT molecular complexity index is 559. The third-order valence-electron chi connectivity index (χ3n) is 3.16. The fraction of sp³-hybridized carbons (Fsp3) is 0.571. The fourth-order valence-corrected chi connectivity index (χ4v) is 2.95. The second-order valence-corrected chi connectivity index (χ2v) is 6.97. The number of anilines is 2. The lowest BCUT2D eigenvalue weighted by atomic mass is 10.0. The Labute approximate surface area is 127 Å². The van der Waals surface area contributed by atoms with Crippen LogP contribution in [-0.4, -0.2) is 34.7 Å². The monoisotopic (exact) mass is 315 g/mol. The van der Waals surface area contributed by atoms with Crippen LogP contribution in [0.15, 0.2) is 23.1 Å². The Hall–Kier alpha value is -1.31. The standard InChI is InChI=1S/C14H25N3O3S/c1-5-16-21(18,19)11-6-7-12(15)13(8-11)17-14(9-20-4)10(2)3/h6-8,10,14,16-17H,5,9,15H2,1-4H3. The van der Waals surface area contributed by atoms with Gasteiger partial charge in [-0.3, -0.25) is 0 Å². The lowest BCUT2D eigenvalue weighted by Gasteiger charge is -2.24. The normalized spacial score (nSPS) is 13.4. The molecular formula is C14H25N3O3S. The van der Waals surface area contributed by atoms with E-state index in [1.165, 1.54) is 6.07 Å². The molecule has 0 aliphatic rings. The molecule has 0 heterocycles. The molecule has 0 amide bonds. The zero-order chi connectivity index (χ0) is 16.0. The fourth-order valence-electron chi connectivity index (χ4n) is 1.88. The van der Waals surface area contributed by atoms with Gasteiger partial charge in [-0.15, -0.1) is 0 Å². The number of sulfonamides is 1. The maximum Gasteiger partial charge on any atom is 0.240 e.